The van der Waals surface area contributed by atoms with E-state index in [2.05, 4.69) is 10.4 Å². The van der Waals surface area contributed by atoms with E-state index in [4.69, 9.17) is 4.74 Å². The van der Waals surface area contributed by atoms with Crippen LogP contribution in [0.2, 0.25) is 0 Å². The van der Waals surface area contributed by atoms with Gasteiger partial charge in [-0.25, -0.2) is 4.68 Å². The molecule has 7 heteroatoms. The molecule has 7 nitrogen and oxygen atoms in total. The predicted octanol–water partition coefficient (Wildman–Crippen LogP) is 2.16. The Kier molecular flexibility index (Phi) is 4.93. The van der Waals surface area contributed by atoms with Crippen LogP contribution in [-0.4, -0.2) is 57.8 Å². The number of nitrogens with one attached hydrogen (secondary N) is 1. The van der Waals surface area contributed by atoms with Crippen molar-refractivity contribution in [3.05, 3.63) is 48.3 Å². The van der Waals surface area contributed by atoms with Crippen LogP contribution in [0.15, 0.2) is 42.7 Å². The van der Waals surface area contributed by atoms with E-state index in [-0.39, 0.29) is 29.5 Å². The molecule has 4 rings (SSSR count). The molecule has 2 heterocycles. The minimum atomic E-state index is -0.315. The number of carbonyl (C=O) groups is 2. The second-order valence-corrected chi connectivity index (χ2v) is 7.71. The van der Waals surface area contributed by atoms with Gasteiger partial charge < -0.3 is 15.0 Å². The normalized spacial score (nSPS) is 26.7. The van der Waals surface area contributed by atoms with Gasteiger partial charge in [0.05, 0.1) is 17.3 Å². The van der Waals surface area contributed by atoms with E-state index in [0.717, 1.165) is 31.4 Å². The van der Waals surface area contributed by atoms with E-state index < -0.39 is 0 Å². The van der Waals surface area contributed by atoms with Crippen molar-refractivity contribution in [2.45, 2.75) is 50.3 Å². The van der Waals surface area contributed by atoms with E-state index in [0.29, 0.717) is 12.1 Å². The zero-order valence-electron chi connectivity index (χ0n) is 16.3. The topological polar surface area (TPSA) is 76.5 Å². The summed E-state index contributed by atoms with van der Waals surface area (Å²) in [5, 5.41) is 7.26. The van der Waals surface area contributed by atoms with Crippen molar-refractivity contribution in [2.24, 2.45) is 0 Å². The number of aromatic nitrogens is 2. The van der Waals surface area contributed by atoms with Crippen LogP contribution in [0.1, 0.15) is 43.0 Å². The smallest absolute Gasteiger partial charge is 0.254 e. The number of ether oxygens (including phenoxy) is 1. The fourth-order valence-electron chi connectivity index (χ4n) is 4.73. The highest BCUT2D eigenvalue weighted by Crippen LogP contribution is 2.43. The lowest BCUT2D eigenvalue weighted by atomic mass is 9.78. The average Bonchev–Trinajstić information content (AvgIpc) is 3.35. The molecule has 2 amide bonds. The molecule has 2 aliphatic rings. The van der Waals surface area contributed by atoms with E-state index in [1.165, 1.54) is 6.92 Å². The first-order valence-electron chi connectivity index (χ1n) is 9.76. The molecule has 1 saturated carbocycles. The van der Waals surface area contributed by atoms with Crippen molar-refractivity contribution in [2.75, 3.05) is 13.7 Å². The van der Waals surface area contributed by atoms with Crippen molar-refractivity contribution >= 4 is 11.8 Å². The van der Waals surface area contributed by atoms with Crippen molar-refractivity contribution in [3.8, 4) is 5.69 Å². The molecule has 1 N–H and O–H groups in total. The maximum Gasteiger partial charge on any atom is 0.254 e. The maximum absolute atomic E-state index is 13.4. The summed E-state index contributed by atoms with van der Waals surface area (Å²) in [4.78, 5) is 26.8. The van der Waals surface area contributed by atoms with Gasteiger partial charge in [-0.1, -0.05) is 6.07 Å². The van der Waals surface area contributed by atoms with Crippen LogP contribution in [0.4, 0.5) is 0 Å². The molecule has 1 aliphatic carbocycles. The second kappa shape index (κ2) is 7.39. The number of rotatable bonds is 4. The molecule has 1 aromatic carbocycles. The van der Waals surface area contributed by atoms with Crippen LogP contribution in [-0.2, 0) is 9.53 Å². The summed E-state index contributed by atoms with van der Waals surface area (Å²) >= 11 is 0. The number of fused-ring (bicyclic) bond motifs is 1. The quantitative estimate of drug-likeness (QED) is 0.879. The summed E-state index contributed by atoms with van der Waals surface area (Å²) in [6.45, 7) is 2.20. The van der Waals surface area contributed by atoms with E-state index in [1.807, 2.05) is 41.4 Å². The maximum atomic E-state index is 13.4. The van der Waals surface area contributed by atoms with Gasteiger partial charge in [0.25, 0.3) is 5.91 Å². The van der Waals surface area contributed by atoms with E-state index >= 15 is 0 Å². The van der Waals surface area contributed by atoms with Gasteiger partial charge in [0.2, 0.25) is 5.91 Å². The summed E-state index contributed by atoms with van der Waals surface area (Å²) < 4.78 is 7.68. The lowest BCUT2D eigenvalue weighted by molar-refractivity contribution is -0.121. The molecule has 2 unspecified atom stereocenters. The van der Waals surface area contributed by atoms with Gasteiger partial charge in [0.15, 0.2) is 0 Å². The Hall–Kier alpha value is -2.67. The van der Waals surface area contributed by atoms with Crippen LogP contribution in [0.3, 0.4) is 0 Å². The molecule has 0 spiro atoms. The fraction of sp³-hybridized carbons (Fsp3) is 0.476. The summed E-state index contributed by atoms with van der Waals surface area (Å²) in [7, 11) is 1.73. The SMILES string of the molecule is CO[C@@]12CCC(NC(C)=O)CC1N(C(=O)c1cccc(-n3cccn3)c1)CC2. The Labute approximate surface area is 164 Å². The van der Waals surface area contributed by atoms with E-state index in [1.54, 1.807) is 18.0 Å². The third kappa shape index (κ3) is 3.30. The third-order valence-corrected chi connectivity index (χ3v) is 6.12. The van der Waals surface area contributed by atoms with Gasteiger partial charge in [-0.2, -0.15) is 5.10 Å². The number of amides is 2. The zero-order chi connectivity index (χ0) is 19.7. The second-order valence-electron chi connectivity index (χ2n) is 7.71. The minimum Gasteiger partial charge on any atom is -0.376 e. The van der Waals surface area contributed by atoms with E-state index in [9.17, 15) is 9.59 Å². The first-order valence-corrected chi connectivity index (χ1v) is 9.76. The number of hydrogen-bond acceptors (Lipinski definition) is 4. The van der Waals surface area contributed by atoms with Gasteiger partial charge in [0, 0.05) is 44.6 Å². The molecule has 1 aromatic heterocycles. The van der Waals surface area contributed by atoms with Crippen LogP contribution in [0.25, 0.3) is 5.69 Å². The Morgan fingerprint density at radius 2 is 2.14 bits per heavy atom. The Bertz CT molecular complexity index is 866. The lowest BCUT2D eigenvalue weighted by Crippen LogP contribution is -2.55. The van der Waals surface area contributed by atoms with Gasteiger partial charge in [-0.15, -0.1) is 0 Å². The van der Waals surface area contributed by atoms with Crippen LogP contribution in [0, 0.1) is 0 Å². The minimum absolute atomic E-state index is 0.00130. The highest BCUT2D eigenvalue weighted by atomic mass is 16.5. The zero-order valence-corrected chi connectivity index (χ0v) is 16.3. The predicted molar refractivity (Wildman–Crippen MR) is 104 cm³/mol. The van der Waals surface area contributed by atoms with Crippen LogP contribution in [0.5, 0.6) is 0 Å². The number of nitrogens with zero attached hydrogens (tertiary/aromatic N) is 3. The molecule has 0 bridgehead atoms. The highest BCUT2D eigenvalue weighted by molar-refractivity contribution is 5.95. The van der Waals surface area contributed by atoms with Crippen molar-refractivity contribution in [3.63, 3.8) is 0 Å². The molecule has 28 heavy (non-hydrogen) atoms. The Balaban J connectivity index is 1.59. The number of methoxy groups -OCH3 is 1. The molecule has 148 valence electrons. The first kappa shape index (κ1) is 18.7. The van der Waals surface area contributed by atoms with Crippen molar-refractivity contribution in [1.82, 2.24) is 20.0 Å². The standard InChI is InChI=1S/C21H26N4O3/c1-15(26)23-17-7-8-21(28-2)9-12-24(19(21)14-17)20(27)16-5-3-6-18(13-16)25-11-4-10-22-25/h3-6,10-11,13,17,19H,7-9,12,14H2,1-2H3,(H,23,26)/t17?,19?,21-/m1/s1. The molecule has 1 saturated heterocycles. The van der Waals surface area contributed by atoms with Crippen LogP contribution < -0.4 is 5.32 Å². The monoisotopic (exact) mass is 382 g/mol. The lowest BCUT2D eigenvalue weighted by Gasteiger charge is -2.43. The third-order valence-electron chi connectivity index (χ3n) is 6.12. The summed E-state index contributed by atoms with van der Waals surface area (Å²) in [6, 6.07) is 9.42. The summed E-state index contributed by atoms with van der Waals surface area (Å²) in [6.07, 6.45) is 6.83. The fourth-order valence-corrected chi connectivity index (χ4v) is 4.73. The molecule has 2 aromatic rings. The molecular formula is C21H26N4O3. The summed E-state index contributed by atoms with van der Waals surface area (Å²) in [5.74, 6) is -0.0286. The van der Waals surface area contributed by atoms with Gasteiger partial charge >= 0.3 is 0 Å². The van der Waals surface area contributed by atoms with Crippen molar-refractivity contribution in [1.29, 1.82) is 0 Å². The molecule has 3 atom stereocenters. The number of hydrogen-bond donors (Lipinski definition) is 1. The Morgan fingerprint density at radius 3 is 2.86 bits per heavy atom. The van der Waals surface area contributed by atoms with Gasteiger partial charge in [-0.05, 0) is 49.9 Å². The molecule has 0 radical (unpaired) electrons. The number of likely N-dealkylation sites (tertiary alicyclic amines) is 1. The number of benzene rings is 1. The van der Waals surface area contributed by atoms with Crippen LogP contribution >= 0.6 is 0 Å². The highest BCUT2D eigenvalue weighted by Gasteiger charge is 2.52. The van der Waals surface area contributed by atoms with Gasteiger partial charge in [0.1, 0.15) is 0 Å². The molecule has 1 aliphatic heterocycles. The largest absolute Gasteiger partial charge is 0.376 e. The number of carbonyl (C=O) groups excluding carboxylic acids is 2. The summed E-state index contributed by atoms with van der Waals surface area (Å²) in [5.41, 5.74) is 1.18. The Morgan fingerprint density at radius 1 is 1.29 bits per heavy atom. The first-order chi connectivity index (χ1) is 13.5. The average molecular weight is 382 g/mol. The molecular weight excluding hydrogens is 356 g/mol. The van der Waals surface area contributed by atoms with Gasteiger partial charge in [-0.3, -0.25) is 9.59 Å². The van der Waals surface area contributed by atoms with Crippen molar-refractivity contribution < 1.29 is 14.3 Å². The molecule has 2 fully saturated rings.